The number of nitrogens with one attached hydrogen (secondary N) is 2. The van der Waals surface area contributed by atoms with Gasteiger partial charge < -0.3 is 0 Å². The molecule has 0 amide bonds. The van der Waals surface area contributed by atoms with Gasteiger partial charge in [-0.05, 0) is 54.3 Å². The summed E-state index contributed by atoms with van der Waals surface area (Å²) in [7, 11) is -1.74. The van der Waals surface area contributed by atoms with E-state index >= 15 is 0 Å². The van der Waals surface area contributed by atoms with Crippen molar-refractivity contribution in [2.75, 3.05) is 25.0 Å². The quantitative estimate of drug-likeness (QED) is 0.107. The molecule has 2 aromatic rings. The van der Waals surface area contributed by atoms with Crippen molar-refractivity contribution in [2.24, 2.45) is 47.3 Å². The van der Waals surface area contributed by atoms with Gasteiger partial charge in [0.1, 0.15) is 0 Å². The summed E-state index contributed by atoms with van der Waals surface area (Å²) in [6, 6.07) is 0. The Hall–Kier alpha value is -1.40. The maximum absolute atomic E-state index is 11.1. The van der Waals surface area contributed by atoms with Crippen LogP contribution in [0.15, 0.2) is 12.7 Å². The molecule has 0 aliphatic carbocycles. The molecule has 12 atom stereocenters. The van der Waals surface area contributed by atoms with Crippen LogP contribution >= 0.6 is 7.82 Å². The van der Waals surface area contributed by atoms with Gasteiger partial charge in [-0.25, -0.2) is 0 Å². The van der Waals surface area contributed by atoms with Gasteiger partial charge in [-0.1, -0.05) is 82.1 Å². The fourth-order valence-corrected chi connectivity index (χ4v) is 9.29. The van der Waals surface area contributed by atoms with E-state index in [1.54, 1.807) is 18.5 Å². The number of anilines is 1. The Balaban J connectivity index is 1.48. The Labute approximate surface area is 284 Å². The first-order chi connectivity index (χ1) is 22.1. The van der Waals surface area contributed by atoms with Crippen molar-refractivity contribution in [3.05, 3.63) is 12.7 Å². The molecule has 0 spiro atoms. The molecule has 268 valence electrons. The molecule has 2 aliphatic heterocycles. The number of hydrogen-bond donors (Lipinski definition) is 4. The van der Waals surface area contributed by atoms with Gasteiger partial charge >= 0.3 is 143 Å². The molecule has 2 aromatic heterocycles. The predicted octanol–water partition coefficient (Wildman–Crippen LogP) is 5.20. The van der Waals surface area contributed by atoms with Crippen LogP contribution in [-0.4, -0.2) is 80.6 Å². The van der Waals surface area contributed by atoms with Crippen LogP contribution in [0.5, 0.6) is 0 Å². The maximum atomic E-state index is 11.1. The predicted molar refractivity (Wildman–Crippen MR) is 194 cm³/mol. The summed E-state index contributed by atoms with van der Waals surface area (Å²) in [6.45, 7) is 28.1. The van der Waals surface area contributed by atoms with E-state index in [2.05, 4.69) is 102 Å². The summed E-state index contributed by atoms with van der Waals surface area (Å²) in [5, 5.41) is 18.7. The topological polar surface area (TPSA) is 136 Å². The van der Waals surface area contributed by atoms with Crippen LogP contribution in [-0.2, 0) is 13.8 Å². The van der Waals surface area contributed by atoms with Crippen molar-refractivity contribution in [2.45, 2.75) is 119 Å². The van der Waals surface area contributed by atoms with Crippen molar-refractivity contribution < 1.29 is 23.8 Å². The van der Waals surface area contributed by atoms with Gasteiger partial charge in [0.2, 0.25) is 0 Å². The third kappa shape index (κ3) is 8.00. The van der Waals surface area contributed by atoms with Crippen LogP contribution in [0.25, 0.3) is 11.2 Å². The van der Waals surface area contributed by atoms with Crippen LogP contribution in [0.2, 0.25) is 0 Å². The number of rotatable bonds is 16. The van der Waals surface area contributed by atoms with Crippen molar-refractivity contribution >= 4 is 32.4 Å². The zero-order chi connectivity index (χ0) is 34.8. The molecule has 0 aromatic carbocycles. The van der Waals surface area contributed by atoms with Crippen LogP contribution in [0.3, 0.4) is 0 Å². The molecule has 4 heterocycles. The molecular weight excluding hydrogens is 614 g/mol. The second kappa shape index (κ2) is 15.7. The summed E-state index contributed by atoms with van der Waals surface area (Å²) >= 11 is 0. The Morgan fingerprint density at radius 3 is 2.13 bits per heavy atom. The van der Waals surface area contributed by atoms with Gasteiger partial charge in [-0.3, -0.25) is 0 Å². The number of aliphatic hydroxyl groups is 1. The molecule has 47 heavy (non-hydrogen) atoms. The summed E-state index contributed by atoms with van der Waals surface area (Å²) < 4.78 is 19.0. The van der Waals surface area contributed by atoms with Crippen LogP contribution in [0, 0.1) is 47.3 Å². The molecule has 11 nitrogen and oxygen atoms in total. The molecule has 4 N–H and O–H groups in total. The zero-order valence-corrected chi connectivity index (χ0v) is 32.0. The molecule has 2 fully saturated rings. The number of aliphatic hydroxyl groups excluding tert-OH is 1. The number of ether oxygens (including phenoxy) is 1. The van der Waals surface area contributed by atoms with E-state index in [9.17, 15) is 10.00 Å². The van der Waals surface area contributed by atoms with Gasteiger partial charge in [0.05, 0.1) is 0 Å². The first kappa shape index (κ1) is 38.4. The van der Waals surface area contributed by atoms with Crippen molar-refractivity contribution in [1.29, 1.82) is 0 Å². The number of hydrogen-bond acceptors (Lipinski definition) is 10. The summed E-state index contributed by atoms with van der Waals surface area (Å²) in [6.07, 6.45) is 2.58. The standard InChI is InChI=1S/C34H64BN6O5P/c1-12-19(3)21(5)23(7)25(9)34(11,26(10)24(8)22(6)20(4)13-2)40-15-14-36-31-28-32(38-17-37-31)41(18-39-28)33-29(42)30-27(45-33)16-44-47(35,43)46-30/h17-27,29-30,33,40,42-43,47H,12-16,35H2,1-11H3,(H,36,37,38)/t19?,20?,21?,22?,23?,24?,25?,26?,27-,29?,30+,33-,34?/m1/s1. The van der Waals surface area contributed by atoms with Crippen LogP contribution < -0.4 is 10.6 Å². The van der Waals surface area contributed by atoms with Crippen LogP contribution in [0.4, 0.5) is 5.82 Å². The normalized spacial score (nSPS) is 29.9. The van der Waals surface area contributed by atoms with E-state index in [-0.39, 0.29) is 12.1 Å². The van der Waals surface area contributed by atoms with Crippen molar-refractivity contribution in [3.63, 3.8) is 0 Å². The first-order valence-corrected chi connectivity index (χ1v) is 20.4. The second-order valence-electron chi connectivity index (χ2n) is 15.3. The number of imidazole rings is 1. The number of fused-ring (bicyclic) bond motifs is 2. The van der Waals surface area contributed by atoms with E-state index < -0.39 is 32.4 Å². The summed E-state index contributed by atoms with van der Waals surface area (Å²) in [5.74, 6) is 5.34. The van der Waals surface area contributed by atoms with Gasteiger partial charge in [-0.15, -0.1) is 0 Å². The Bertz CT molecular complexity index is 1270. The summed E-state index contributed by atoms with van der Waals surface area (Å²) in [4.78, 5) is 23.9. The molecular formula is C34H64BN6O5P. The molecule has 9 unspecified atom stereocenters. The third-order valence-corrected chi connectivity index (χ3v) is 14.4. The third-order valence-electron chi connectivity index (χ3n) is 12.9. The van der Waals surface area contributed by atoms with Crippen molar-refractivity contribution in [1.82, 2.24) is 24.8 Å². The number of nitrogens with zero attached hydrogens (tertiary/aromatic N) is 4. The molecule has 0 saturated carbocycles. The van der Waals surface area contributed by atoms with Gasteiger partial charge in [0, 0.05) is 5.54 Å². The molecule has 0 bridgehead atoms. The minimum absolute atomic E-state index is 0.0709. The van der Waals surface area contributed by atoms with Gasteiger partial charge in [0.15, 0.2) is 0 Å². The second-order valence-corrected chi connectivity index (χ2v) is 17.6. The Morgan fingerprint density at radius 2 is 1.55 bits per heavy atom. The van der Waals surface area contributed by atoms with E-state index in [4.69, 9.17) is 13.8 Å². The molecule has 2 aliphatic rings. The van der Waals surface area contributed by atoms with E-state index in [1.807, 2.05) is 0 Å². The molecule has 13 heteroatoms. The van der Waals surface area contributed by atoms with E-state index in [1.165, 1.54) is 19.2 Å². The number of aromatic nitrogens is 4. The minimum atomic E-state index is -3.29. The van der Waals surface area contributed by atoms with Gasteiger partial charge in [0.25, 0.3) is 0 Å². The average molecular weight is 679 g/mol. The molecule has 0 radical (unpaired) electrons. The van der Waals surface area contributed by atoms with Crippen molar-refractivity contribution in [3.8, 4) is 0 Å². The molecule has 4 rings (SSSR count). The first-order valence-electron chi connectivity index (χ1n) is 18.1. The van der Waals surface area contributed by atoms with E-state index in [0.29, 0.717) is 70.9 Å². The fourth-order valence-electron chi connectivity index (χ4n) is 7.95. The SMILES string of the molecule is B[PH]1(O)OC[C@H]2O[C@@H](n3cnc4c(NCCNC(C)(C(C)C(C)C(C)C(C)CC)C(C)C(C)C(C)C(C)CC)ncnc43)C(O)[C@H]2O1. The van der Waals surface area contributed by atoms with Crippen LogP contribution in [0.1, 0.15) is 95.2 Å². The summed E-state index contributed by atoms with van der Waals surface area (Å²) in [5.41, 5.74) is 1.09. The molecule has 2 saturated heterocycles. The Morgan fingerprint density at radius 1 is 0.957 bits per heavy atom. The van der Waals surface area contributed by atoms with E-state index in [0.717, 1.165) is 6.54 Å². The monoisotopic (exact) mass is 678 g/mol. The zero-order valence-electron chi connectivity index (χ0n) is 31.0. The average Bonchev–Trinajstić information content (AvgIpc) is 3.63. The fraction of sp³-hybridized carbons (Fsp3) is 0.853. The Kier molecular flexibility index (Phi) is 12.8. The van der Waals surface area contributed by atoms with Gasteiger partial charge in [-0.2, -0.15) is 0 Å².